The van der Waals surface area contributed by atoms with Gasteiger partial charge in [-0.15, -0.1) is 6.58 Å². The molecular formula is C14H24O3. The van der Waals surface area contributed by atoms with Gasteiger partial charge in [0.25, 0.3) is 0 Å². The molecule has 3 heteroatoms. The van der Waals surface area contributed by atoms with E-state index in [0.717, 1.165) is 19.3 Å². The first-order chi connectivity index (χ1) is 7.93. The molecule has 1 heterocycles. The van der Waals surface area contributed by atoms with Crippen molar-refractivity contribution in [3.8, 4) is 0 Å². The summed E-state index contributed by atoms with van der Waals surface area (Å²) in [4.78, 5) is 12.2. The number of Topliss-reactive ketones (excluding diaryl/α,β-unsaturated/α-hetero) is 1. The molecule has 0 radical (unpaired) electrons. The minimum atomic E-state index is -1.09. The highest BCUT2D eigenvalue weighted by atomic mass is 16.7. The first-order valence-corrected chi connectivity index (χ1v) is 6.30. The smallest absolute Gasteiger partial charge is 0.234 e. The van der Waals surface area contributed by atoms with Gasteiger partial charge in [0.2, 0.25) is 5.79 Å². The Balaban J connectivity index is 3.01. The van der Waals surface area contributed by atoms with Crippen molar-refractivity contribution in [3.05, 3.63) is 12.7 Å². The Morgan fingerprint density at radius 2 is 2.29 bits per heavy atom. The summed E-state index contributed by atoms with van der Waals surface area (Å²) in [7, 11) is 1.56. The van der Waals surface area contributed by atoms with Gasteiger partial charge in [0, 0.05) is 18.9 Å². The van der Waals surface area contributed by atoms with E-state index in [1.807, 2.05) is 19.9 Å². The van der Waals surface area contributed by atoms with Crippen molar-refractivity contribution < 1.29 is 14.3 Å². The van der Waals surface area contributed by atoms with E-state index in [0.29, 0.717) is 6.42 Å². The van der Waals surface area contributed by atoms with Gasteiger partial charge in [0.15, 0.2) is 5.78 Å². The van der Waals surface area contributed by atoms with Gasteiger partial charge in [-0.2, -0.15) is 0 Å². The second-order valence-electron chi connectivity index (χ2n) is 5.28. The summed E-state index contributed by atoms with van der Waals surface area (Å²) in [5.74, 6) is -1.03. The third-order valence-corrected chi connectivity index (χ3v) is 3.88. The van der Waals surface area contributed by atoms with Gasteiger partial charge < -0.3 is 9.47 Å². The molecule has 1 saturated heterocycles. The number of ether oxygens (including phenoxy) is 2. The van der Waals surface area contributed by atoms with Crippen LogP contribution in [0.4, 0.5) is 0 Å². The molecular weight excluding hydrogens is 216 g/mol. The second-order valence-corrected chi connectivity index (χ2v) is 5.28. The van der Waals surface area contributed by atoms with Gasteiger partial charge in [0.05, 0.1) is 6.10 Å². The van der Waals surface area contributed by atoms with Crippen molar-refractivity contribution in [1.29, 1.82) is 0 Å². The molecule has 3 nitrogen and oxygen atoms in total. The Bertz CT molecular complexity index is 296. The number of methoxy groups -OCH3 is 1. The molecule has 1 fully saturated rings. The molecule has 1 aliphatic rings. The second kappa shape index (κ2) is 5.32. The van der Waals surface area contributed by atoms with Crippen LogP contribution in [0.3, 0.4) is 0 Å². The highest BCUT2D eigenvalue weighted by molar-refractivity contribution is 5.87. The number of rotatable bonds is 5. The molecule has 0 aromatic heterocycles. The molecule has 0 N–H and O–H groups in total. The minimum Gasteiger partial charge on any atom is -0.347 e. The molecule has 0 spiro atoms. The summed E-state index contributed by atoms with van der Waals surface area (Å²) in [6.07, 6.45) is 4.74. The van der Waals surface area contributed by atoms with Crippen molar-refractivity contribution in [2.75, 3.05) is 7.11 Å². The van der Waals surface area contributed by atoms with Crippen LogP contribution in [0.5, 0.6) is 0 Å². The van der Waals surface area contributed by atoms with E-state index >= 15 is 0 Å². The fourth-order valence-corrected chi connectivity index (χ4v) is 2.38. The van der Waals surface area contributed by atoms with Gasteiger partial charge in [0.1, 0.15) is 0 Å². The van der Waals surface area contributed by atoms with Crippen LogP contribution in [0.25, 0.3) is 0 Å². The topological polar surface area (TPSA) is 35.5 Å². The van der Waals surface area contributed by atoms with Crippen LogP contribution in [0.2, 0.25) is 0 Å². The van der Waals surface area contributed by atoms with Crippen LogP contribution >= 0.6 is 0 Å². The normalized spacial score (nSPS) is 30.4. The zero-order valence-electron chi connectivity index (χ0n) is 11.4. The monoisotopic (exact) mass is 240 g/mol. The Labute approximate surface area is 104 Å². The third kappa shape index (κ3) is 2.45. The van der Waals surface area contributed by atoms with Crippen molar-refractivity contribution in [1.82, 2.24) is 0 Å². The summed E-state index contributed by atoms with van der Waals surface area (Å²) < 4.78 is 11.5. The van der Waals surface area contributed by atoms with E-state index in [1.165, 1.54) is 0 Å². The zero-order chi connectivity index (χ0) is 13.1. The molecule has 0 aromatic rings. The van der Waals surface area contributed by atoms with Crippen molar-refractivity contribution in [3.63, 3.8) is 0 Å². The van der Waals surface area contributed by atoms with Gasteiger partial charge in [-0.1, -0.05) is 26.8 Å². The quantitative estimate of drug-likeness (QED) is 0.693. The SMILES string of the molecule is C=CC[C@@H]1CCC(=O)[C@](OC)(C(C)(C)CC)O1. The largest absolute Gasteiger partial charge is 0.347 e. The van der Waals surface area contributed by atoms with Gasteiger partial charge in [-0.25, -0.2) is 0 Å². The maximum atomic E-state index is 12.2. The van der Waals surface area contributed by atoms with Crippen LogP contribution in [-0.4, -0.2) is 24.8 Å². The predicted octanol–water partition coefficient (Wildman–Crippen LogP) is 3.09. The molecule has 98 valence electrons. The third-order valence-electron chi connectivity index (χ3n) is 3.88. The number of carbonyl (C=O) groups excluding carboxylic acids is 1. The summed E-state index contributed by atoms with van der Waals surface area (Å²) in [6.45, 7) is 9.81. The van der Waals surface area contributed by atoms with Gasteiger partial charge in [-0.05, 0) is 19.3 Å². The van der Waals surface area contributed by atoms with Crippen LogP contribution < -0.4 is 0 Å². The Kier molecular flexibility index (Phi) is 4.50. The van der Waals surface area contributed by atoms with E-state index in [4.69, 9.17) is 9.47 Å². The fourth-order valence-electron chi connectivity index (χ4n) is 2.38. The van der Waals surface area contributed by atoms with Crippen LogP contribution in [0.15, 0.2) is 12.7 Å². The Hall–Kier alpha value is -0.670. The van der Waals surface area contributed by atoms with Crippen LogP contribution in [0, 0.1) is 5.41 Å². The molecule has 2 atom stereocenters. The predicted molar refractivity (Wildman–Crippen MR) is 67.7 cm³/mol. The fraction of sp³-hybridized carbons (Fsp3) is 0.786. The number of hydrogen-bond donors (Lipinski definition) is 0. The molecule has 1 rings (SSSR count). The van der Waals surface area contributed by atoms with E-state index in [2.05, 4.69) is 13.5 Å². The molecule has 17 heavy (non-hydrogen) atoms. The van der Waals surface area contributed by atoms with Crippen molar-refractivity contribution in [2.45, 2.75) is 58.3 Å². The molecule has 0 bridgehead atoms. The Morgan fingerprint density at radius 3 is 2.76 bits per heavy atom. The highest BCUT2D eigenvalue weighted by Gasteiger charge is 2.54. The van der Waals surface area contributed by atoms with Crippen molar-refractivity contribution in [2.24, 2.45) is 5.41 Å². The molecule has 0 aromatic carbocycles. The summed E-state index contributed by atoms with van der Waals surface area (Å²) >= 11 is 0. The number of carbonyl (C=O) groups is 1. The lowest BCUT2D eigenvalue weighted by molar-refractivity contribution is -0.291. The summed E-state index contributed by atoms with van der Waals surface area (Å²) in [5.41, 5.74) is -0.321. The summed E-state index contributed by atoms with van der Waals surface area (Å²) in [6, 6.07) is 0. The number of ketones is 1. The van der Waals surface area contributed by atoms with E-state index < -0.39 is 5.79 Å². The molecule has 0 amide bonds. The lowest BCUT2D eigenvalue weighted by Crippen LogP contribution is -2.59. The average Bonchev–Trinajstić information content (AvgIpc) is 2.31. The lowest BCUT2D eigenvalue weighted by Gasteiger charge is -2.47. The first-order valence-electron chi connectivity index (χ1n) is 6.30. The van der Waals surface area contributed by atoms with Crippen molar-refractivity contribution >= 4 is 5.78 Å². The minimum absolute atomic E-state index is 0.0379. The molecule has 0 unspecified atom stereocenters. The molecule has 0 saturated carbocycles. The number of hydrogen-bond acceptors (Lipinski definition) is 3. The first kappa shape index (κ1) is 14.4. The van der Waals surface area contributed by atoms with E-state index in [1.54, 1.807) is 7.11 Å². The van der Waals surface area contributed by atoms with Gasteiger partial charge in [-0.3, -0.25) is 4.79 Å². The molecule has 0 aliphatic carbocycles. The van der Waals surface area contributed by atoms with E-state index in [9.17, 15) is 4.79 Å². The average molecular weight is 240 g/mol. The van der Waals surface area contributed by atoms with Crippen LogP contribution in [-0.2, 0) is 14.3 Å². The van der Waals surface area contributed by atoms with E-state index in [-0.39, 0.29) is 17.3 Å². The Morgan fingerprint density at radius 1 is 1.65 bits per heavy atom. The summed E-state index contributed by atoms with van der Waals surface area (Å²) in [5, 5.41) is 0. The maximum Gasteiger partial charge on any atom is 0.234 e. The zero-order valence-corrected chi connectivity index (χ0v) is 11.4. The lowest BCUT2D eigenvalue weighted by atomic mass is 9.75. The van der Waals surface area contributed by atoms with Gasteiger partial charge >= 0.3 is 0 Å². The molecule has 1 aliphatic heterocycles. The van der Waals surface area contributed by atoms with Crippen LogP contribution in [0.1, 0.15) is 46.5 Å². The standard InChI is InChI=1S/C14H24O3/c1-6-8-11-9-10-12(15)14(16-5,17-11)13(3,4)7-2/h6,11H,1,7-10H2,2-5H3/t11-,14-/m1/s1. The highest BCUT2D eigenvalue weighted by Crippen LogP contribution is 2.43. The maximum absolute atomic E-state index is 12.2.